The van der Waals surface area contributed by atoms with E-state index in [2.05, 4.69) is 0 Å². The van der Waals surface area contributed by atoms with Crippen LogP contribution >= 0.6 is 0 Å². The van der Waals surface area contributed by atoms with Crippen LogP contribution in [0.3, 0.4) is 0 Å². The Hall–Kier alpha value is -0.740. The molecular weight excluding hydrogens is 288 g/mol. The second-order valence-corrected chi connectivity index (χ2v) is 7.28. The van der Waals surface area contributed by atoms with Gasteiger partial charge in [0.05, 0.1) is 18.3 Å². The third kappa shape index (κ3) is 2.96. The van der Waals surface area contributed by atoms with E-state index in [0.29, 0.717) is 0 Å². The van der Waals surface area contributed by atoms with Crippen LogP contribution in [0.5, 0.6) is 0 Å². The largest absolute Gasteiger partial charge is 0.480 e. The predicted octanol–water partition coefficient (Wildman–Crippen LogP) is -1.14. The molecule has 2 aliphatic rings. The molecule has 0 aromatic rings. The molecule has 0 saturated carbocycles. The monoisotopic (exact) mass is 308 g/mol. The second-order valence-electron chi connectivity index (χ2n) is 5.40. The normalized spacial score (nSPS) is 37.1. The van der Waals surface area contributed by atoms with Crippen LogP contribution in [0.15, 0.2) is 0 Å². The first-order valence-corrected chi connectivity index (χ1v) is 7.94. The van der Waals surface area contributed by atoms with Gasteiger partial charge in [0.25, 0.3) is 10.2 Å². The van der Waals surface area contributed by atoms with Gasteiger partial charge in [-0.05, 0) is 13.8 Å². The number of nitrogens with zero attached hydrogens (tertiary/aromatic N) is 2. The molecule has 20 heavy (non-hydrogen) atoms. The number of carbonyl (C=O) groups is 1. The summed E-state index contributed by atoms with van der Waals surface area (Å²) in [4.78, 5) is 11.2. The van der Waals surface area contributed by atoms with Gasteiger partial charge in [0.1, 0.15) is 6.04 Å². The van der Waals surface area contributed by atoms with Crippen LogP contribution in [0.1, 0.15) is 20.3 Å². The van der Waals surface area contributed by atoms with Gasteiger partial charge < -0.3 is 14.9 Å². The lowest BCUT2D eigenvalue weighted by Crippen LogP contribution is -2.55. The Bertz CT molecular complexity index is 471. The Balaban J connectivity index is 2.23. The summed E-state index contributed by atoms with van der Waals surface area (Å²) in [5.74, 6) is -1.24. The van der Waals surface area contributed by atoms with E-state index in [0.717, 1.165) is 4.31 Å². The number of aliphatic hydroxyl groups excluding tert-OH is 1. The summed E-state index contributed by atoms with van der Waals surface area (Å²) in [5, 5.41) is 18.7. The highest BCUT2D eigenvalue weighted by Crippen LogP contribution is 2.26. The van der Waals surface area contributed by atoms with Crippen molar-refractivity contribution in [2.45, 2.75) is 44.6 Å². The molecule has 0 radical (unpaired) electrons. The van der Waals surface area contributed by atoms with Gasteiger partial charge in [-0.15, -0.1) is 0 Å². The van der Waals surface area contributed by atoms with E-state index in [9.17, 15) is 18.3 Å². The number of hydrogen-bond donors (Lipinski definition) is 2. The van der Waals surface area contributed by atoms with Crippen molar-refractivity contribution in [3.8, 4) is 0 Å². The molecule has 2 fully saturated rings. The van der Waals surface area contributed by atoms with Gasteiger partial charge in [0.15, 0.2) is 0 Å². The van der Waals surface area contributed by atoms with Crippen molar-refractivity contribution in [1.29, 1.82) is 0 Å². The number of β-amino-alcohol motifs (C(OH)–C–C–N with tert-alkyl or cyclic N) is 1. The smallest absolute Gasteiger partial charge is 0.322 e. The van der Waals surface area contributed by atoms with Crippen LogP contribution in [0.25, 0.3) is 0 Å². The van der Waals surface area contributed by atoms with E-state index >= 15 is 0 Å². The van der Waals surface area contributed by atoms with Crippen molar-refractivity contribution < 1.29 is 28.2 Å². The van der Waals surface area contributed by atoms with Crippen molar-refractivity contribution in [3.63, 3.8) is 0 Å². The van der Waals surface area contributed by atoms with E-state index in [1.807, 2.05) is 0 Å². The third-order valence-electron chi connectivity index (χ3n) is 3.53. The standard InChI is InChI=1S/C11H20N2O6S/c1-7-4-12(5-8(2)19-7)20(17,18)13-6-9(14)3-10(13)11(15)16/h7-10,14H,3-6H2,1-2H3,(H,15,16)/t7?,8?,9?,10-/m0/s1. The topological polar surface area (TPSA) is 107 Å². The minimum absolute atomic E-state index is 0.0794. The Morgan fingerprint density at radius 3 is 2.25 bits per heavy atom. The fraction of sp³-hybridized carbons (Fsp3) is 0.909. The highest BCUT2D eigenvalue weighted by Gasteiger charge is 2.46. The predicted molar refractivity (Wildman–Crippen MR) is 69.3 cm³/mol. The molecule has 2 heterocycles. The number of rotatable bonds is 3. The molecule has 4 atom stereocenters. The fourth-order valence-electron chi connectivity index (χ4n) is 2.73. The first kappa shape index (κ1) is 15.6. The molecule has 116 valence electrons. The lowest BCUT2D eigenvalue weighted by Gasteiger charge is -2.37. The first-order chi connectivity index (χ1) is 9.21. The lowest BCUT2D eigenvalue weighted by atomic mass is 10.2. The van der Waals surface area contributed by atoms with Crippen molar-refractivity contribution in [2.24, 2.45) is 0 Å². The Labute approximate surface area is 118 Å². The highest BCUT2D eigenvalue weighted by molar-refractivity contribution is 7.86. The van der Waals surface area contributed by atoms with Gasteiger partial charge >= 0.3 is 5.97 Å². The maximum absolute atomic E-state index is 12.6. The molecule has 2 aliphatic heterocycles. The SMILES string of the molecule is CC1CN(S(=O)(=O)N2CC(O)C[C@H]2C(=O)O)CC(C)O1. The van der Waals surface area contributed by atoms with E-state index in [1.165, 1.54) is 4.31 Å². The number of carboxylic acid groups (broad SMARTS) is 1. The van der Waals surface area contributed by atoms with Gasteiger partial charge in [-0.25, -0.2) is 0 Å². The summed E-state index contributed by atoms with van der Waals surface area (Å²) in [7, 11) is -3.91. The summed E-state index contributed by atoms with van der Waals surface area (Å²) < 4.78 is 32.7. The molecule has 2 rings (SSSR count). The van der Waals surface area contributed by atoms with Crippen LogP contribution < -0.4 is 0 Å². The molecular formula is C11H20N2O6S. The van der Waals surface area contributed by atoms with E-state index in [4.69, 9.17) is 9.84 Å². The van der Waals surface area contributed by atoms with Crippen molar-refractivity contribution in [3.05, 3.63) is 0 Å². The van der Waals surface area contributed by atoms with Crippen LogP contribution in [-0.4, -0.2) is 77.2 Å². The number of morpholine rings is 1. The van der Waals surface area contributed by atoms with Crippen LogP contribution in [0.2, 0.25) is 0 Å². The second kappa shape index (κ2) is 5.57. The number of carboxylic acids is 1. The Morgan fingerprint density at radius 2 is 1.75 bits per heavy atom. The van der Waals surface area contributed by atoms with Crippen molar-refractivity contribution in [1.82, 2.24) is 8.61 Å². The maximum Gasteiger partial charge on any atom is 0.322 e. The van der Waals surface area contributed by atoms with Crippen LogP contribution in [0.4, 0.5) is 0 Å². The van der Waals surface area contributed by atoms with Crippen LogP contribution in [-0.2, 0) is 19.7 Å². The van der Waals surface area contributed by atoms with Gasteiger partial charge in [0.2, 0.25) is 0 Å². The Kier molecular flexibility index (Phi) is 4.35. The minimum atomic E-state index is -3.91. The van der Waals surface area contributed by atoms with Gasteiger partial charge in [-0.3, -0.25) is 4.79 Å². The fourth-order valence-corrected chi connectivity index (χ4v) is 4.68. The van der Waals surface area contributed by atoms with Crippen molar-refractivity contribution >= 4 is 16.2 Å². The summed E-state index contributed by atoms with van der Waals surface area (Å²) >= 11 is 0. The molecule has 0 bridgehead atoms. The maximum atomic E-state index is 12.6. The highest BCUT2D eigenvalue weighted by atomic mass is 32.2. The molecule has 2 N–H and O–H groups in total. The average molecular weight is 308 g/mol. The number of aliphatic hydroxyl groups is 1. The van der Waals surface area contributed by atoms with Gasteiger partial charge in [0, 0.05) is 26.1 Å². The summed E-state index contributed by atoms with van der Waals surface area (Å²) in [6.07, 6.45) is -1.51. The van der Waals surface area contributed by atoms with Gasteiger partial charge in [-0.1, -0.05) is 0 Å². The van der Waals surface area contributed by atoms with E-state index in [1.54, 1.807) is 13.8 Å². The molecule has 0 spiro atoms. The molecule has 3 unspecified atom stereocenters. The number of hydrogen-bond acceptors (Lipinski definition) is 5. The number of aliphatic carboxylic acids is 1. The molecule has 0 aromatic carbocycles. The van der Waals surface area contributed by atoms with Gasteiger partial charge in [-0.2, -0.15) is 17.0 Å². The lowest BCUT2D eigenvalue weighted by molar-refractivity contribution is -0.140. The molecule has 9 heteroatoms. The third-order valence-corrected chi connectivity index (χ3v) is 5.47. The first-order valence-electron chi connectivity index (χ1n) is 6.55. The summed E-state index contributed by atoms with van der Waals surface area (Å²) in [5.41, 5.74) is 0. The zero-order valence-electron chi connectivity index (χ0n) is 11.5. The van der Waals surface area contributed by atoms with E-state index < -0.39 is 28.3 Å². The summed E-state index contributed by atoms with van der Waals surface area (Å²) in [6.45, 7) is 3.73. The van der Waals surface area contributed by atoms with Crippen molar-refractivity contribution in [2.75, 3.05) is 19.6 Å². The molecule has 2 saturated heterocycles. The van der Waals surface area contributed by atoms with E-state index in [-0.39, 0.29) is 38.3 Å². The van der Waals surface area contributed by atoms with Crippen LogP contribution in [0, 0.1) is 0 Å². The zero-order valence-corrected chi connectivity index (χ0v) is 12.3. The summed E-state index contributed by atoms with van der Waals surface area (Å²) in [6, 6.07) is -1.21. The number of ether oxygens (including phenoxy) is 1. The Morgan fingerprint density at radius 1 is 1.20 bits per heavy atom. The zero-order chi connectivity index (χ0) is 15.1. The minimum Gasteiger partial charge on any atom is -0.480 e. The quantitative estimate of drug-likeness (QED) is 0.682. The molecule has 0 amide bonds. The average Bonchev–Trinajstić information content (AvgIpc) is 2.71. The molecule has 8 nitrogen and oxygen atoms in total. The molecule has 0 aliphatic carbocycles. The molecule has 0 aromatic heterocycles.